The van der Waals surface area contributed by atoms with Gasteiger partial charge in [-0.1, -0.05) is 18.2 Å². The summed E-state index contributed by atoms with van der Waals surface area (Å²) in [6, 6.07) is 9.79. The first-order valence-electron chi connectivity index (χ1n) is 12.3. The summed E-state index contributed by atoms with van der Waals surface area (Å²) >= 11 is 0. The van der Waals surface area contributed by atoms with Crippen molar-refractivity contribution in [2.45, 2.75) is 76.3 Å². The van der Waals surface area contributed by atoms with E-state index in [1.165, 1.54) is 37.7 Å². The summed E-state index contributed by atoms with van der Waals surface area (Å²) in [7, 11) is 0. The number of hydrogen-bond acceptors (Lipinski definition) is 4. The van der Waals surface area contributed by atoms with Crippen LogP contribution in [0.5, 0.6) is 0 Å². The maximum absolute atomic E-state index is 12.5. The first-order valence-corrected chi connectivity index (χ1v) is 12.3. The molecule has 4 aliphatic rings. The maximum Gasteiger partial charge on any atom is 0.248 e. The zero-order valence-corrected chi connectivity index (χ0v) is 18.5. The summed E-state index contributed by atoms with van der Waals surface area (Å²) in [4.78, 5) is 34.4. The number of hydrogen-bond donors (Lipinski definition) is 0. The fourth-order valence-corrected chi connectivity index (χ4v) is 6.29. The minimum atomic E-state index is 0.143. The van der Waals surface area contributed by atoms with Crippen LogP contribution in [-0.2, 0) is 20.8 Å². The molecule has 0 N–H and O–H groups in total. The molecule has 0 aliphatic carbocycles. The Morgan fingerprint density at radius 2 is 1.68 bits per heavy atom. The summed E-state index contributed by atoms with van der Waals surface area (Å²) in [6.07, 6.45) is 10.6. The highest BCUT2D eigenvalue weighted by Crippen LogP contribution is 2.40. The van der Waals surface area contributed by atoms with Crippen LogP contribution in [0.25, 0.3) is 0 Å². The molecule has 0 saturated carbocycles. The summed E-state index contributed by atoms with van der Waals surface area (Å²) in [5.41, 5.74) is 2.44. The van der Waals surface area contributed by atoms with Gasteiger partial charge in [-0.05, 0) is 68.9 Å². The van der Waals surface area contributed by atoms with Crippen molar-refractivity contribution in [2.24, 2.45) is 5.92 Å². The van der Waals surface area contributed by atoms with Crippen molar-refractivity contribution in [2.75, 3.05) is 31.1 Å². The number of rotatable bonds is 8. The van der Waals surface area contributed by atoms with Gasteiger partial charge >= 0.3 is 0 Å². The first kappa shape index (κ1) is 21.0. The van der Waals surface area contributed by atoms with E-state index in [0.29, 0.717) is 31.5 Å². The number of benzene rings is 1. The lowest BCUT2D eigenvalue weighted by Crippen LogP contribution is -2.44. The third kappa shape index (κ3) is 4.51. The van der Waals surface area contributed by atoms with Gasteiger partial charge in [-0.3, -0.25) is 19.3 Å². The molecule has 2 atom stereocenters. The van der Waals surface area contributed by atoms with E-state index in [-0.39, 0.29) is 11.8 Å². The van der Waals surface area contributed by atoms with Crippen molar-refractivity contribution in [3.05, 3.63) is 29.8 Å². The Labute approximate surface area is 185 Å². The monoisotopic (exact) mass is 425 g/mol. The Balaban J connectivity index is 1.08. The predicted octanol–water partition coefficient (Wildman–Crippen LogP) is 3.54. The van der Waals surface area contributed by atoms with Crippen LogP contribution >= 0.6 is 0 Å². The lowest BCUT2D eigenvalue weighted by atomic mass is 9.87. The normalized spacial score (nSPS) is 28.5. The smallest absolute Gasteiger partial charge is 0.248 e. The number of fused-ring (bicyclic) bond motifs is 3. The van der Waals surface area contributed by atoms with Crippen molar-refractivity contribution >= 4 is 17.5 Å². The Kier molecular flexibility index (Phi) is 6.28. The Morgan fingerprint density at radius 1 is 0.871 bits per heavy atom. The van der Waals surface area contributed by atoms with Gasteiger partial charge in [0.1, 0.15) is 0 Å². The molecule has 31 heavy (non-hydrogen) atoms. The molecule has 4 heterocycles. The third-order valence-electron chi connectivity index (χ3n) is 7.79. The van der Waals surface area contributed by atoms with Gasteiger partial charge < -0.3 is 4.90 Å². The van der Waals surface area contributed by atoms with Crippen molar-refractivity contribution in [1.29, 1.82) is 0 Å². The van der Waals surface area contributed by atoms with Crippen molar-refractivity contribution in [3.8, 4) is 0 Å². The zero-order valence-electron chi connectivity index (χ0n) is 18.5. The molecule has 0 aromatic heterocycles. The molecule has 168 valence electrons. The molecule has 0 spiro atoms. The minimum Gasteiger partial charge on any atom is -0.312 e. The number of nitrogens with zero attached hydrogens (tertiary/aromatic N) is 3. The van der Waals surface area contributed by atoms with E-state index >= 15 is 0 Å². The van der Waals surface area contributed by atoms with Gasteiger partial charge in [0.15, 0.2) is 0 Å². The second kappa shape index (κ2) is 9.29. The predicted molar refractivity (Wildman–Crippen MR) is 119 cm³/mol. The molecule has 3 saturated heterocycles. The zero-order chi connectivity index (χ0) is 21.2. The van der Waals surface area contributed by atoms with Crippen molar-refractivity contribution in [3.63, 3.8) is 0 Å². The number of anilines is 1. The second-order valence-corrected chi connectivity index (χ2v) is 9.71. The maximum atomic E-state index is 12.5. The lowest BCUT2D eigenvalue weighted by molar-refractivity contribution is -0.162. The molecule has 1 aromatic rings. The topological polar surface area (TPSA) is 53.1 Å². The molecule has 1 aromatic carbocycles. The Hall–Kier alpha value is -1.92. The first-order chi connectivity index (χ1) is 15.2. The molecule has 3 fully saturated rings. The van der Waals surface area contributed by atoms with Crippen LogP contribution in [0.3, 0.4) is 0 Å². The quantitative estimate of drug-likeness (QED) is 0.639. The number of aryl methyl sites for hydroxylation is 1. The van der Waals surface area contributed by atoms with Crippen LogP contribution < -0.4 is 4.90 Å². The van der Waals surface area contributed by atoms with E-state index < -0.39 is 0 Å². The van der Waals surface area contributed by atoms with Crippen LogP contribution in [0.15, 0.2) is 24.3 Å². The number of amides is 2. The lowest BCUT2D eigenvalue weighted by Gasteiger charge is -2.39. The SMILES string of the molecule is O=C1CCON1CCCC1CC2CCC(C1)N2CCCN1C(=O)CCc2ccccc21. The third-order valence-corrected chi connectivity index (χ3v) is 7.79. The van der Waals surface area contributed by atoms with E-state index in [0.717, 1.165) is 50.5 Å². The molecule has 4 aliphatic heterocycles. The standard InChI is InChI=1S/C25H35N3O3/c29-24-11-8-20-6-1-2-7-23(20)27(24)14-4-13-26-21-9-10-22(26)18-19(17-21)5-3-15-28-25(30)12-16-31-28/h1-2,6-7,19,21-22H,3-5,8-18H2. The highest BCUT2D eigenvalue weighted by atomic mass is 16.7. The van der Waals surface area contributed by atoms with Crippen LogP contribution in [-0.4, -0.2) is 60.1 Å². The molecule has 6 nitrogen and oxygen atoms in total. The van der Waals surface area contributed by atoms with Crippen LogP contribution in [0, 0.1) is 5.92 Å². The minimum absolute atomic E-state index is 0.143. The number of carbonyl (C=O) groups excluding carboxylic acids is 2. The number of para-hydroxylation sites is 1. The van der Waals surface area contributed by atoms with Crippen LogP contribution in [0.1, 0.15) is 63.4 Å². The van der Waals surface area contributed by atoms with Crippen LogP contribution in [0.4, 0.5) is 5.69 Å². The number of piperidine rings is 1. The van der Waals surface area contributed by atoms with Gasteiger partial charge in [0, 0.05) is 43.8 Å². The average molecular weight is 426 g/mol. The van der Waals surface area contributed by atoms with E-state index in [9.17, 15) is 9.59 Å². The molecular weight excluding hydrogens is 390 g/mol. The summed E-state index contributed by atoms with van der Waals surface area (Å²) in [5, 5.41) is 1.57. The van der Waals surface area contributed by atoms with Gasteiger partial charge in [-0.15, -0.1) is 0 Å². The molecule has 2 amide bonds. The molecule has 0 radical (unpaired) electrons. The Bertz CT molecular complexity index is 799. The fourth-order valence-electron chi connectivity index (χ4n) is 6.29. The van der Waals surface area contributed by atoms with Crippen molar-refractivity contribution < 1.29 is 14.4 Å². The van der Waals surface area contributed by atoms with Gasteiger partial charge in [-0.2, -0.15) is 0 Å². The molecule has 2 unspecified atom stereocenters. The molecular formula is C25H35N3O3. The van der Waals surface area contributed by atoms with E-state index in [1.807, 2.05) is 11.0 Å². The molecule has 2 bridgehead atoms. The van der Waals surface area contributed by atoms with E-state index in [4.69, 9.17) is 4.84 Å². The fraction of sp³-hybridized carbons (Fsp3) is 0.680. The van der Waals surface area contributed by atoms with Crippen LogP contribution in [0.2, 0.25) is 0 Å². The summed E-state index contributed by atoms with van der Waals surface area (Å²) < 4.78 is 0. The molecule has 6 heteroatoms. The Morgan fingerprint density at radius 3 is 2.45 bits per heavy atom. The molecule has 5 rings (SSSR count). The van der Waals surface area contributed by atoms with Crippen molar-refractivity contribution in [1.82, 2.24) is 9.96 Å². The highest BCUT2D eigenvalue weighted by molar-refractivity contribution is 5.96. The average Bonchev–Trinajstić information content (AvgIpc) is 3.28. The van der Waals surface area contributed by atoms with Gasteiger partial charge in [-0.25, -0.2) is 5.06 Å². The number of carbonyl (C=O) groups is 2. The van der Waals surface area contributed by atoms with E-state index in [2.05, 4.69) is 23.1 Å². The van der Waals surface area contributed by atoms with Gasteiger partial charge in [0.05, 0.1) is 13.0 Å². The highest BCUT2D eigenvalue weighted by Gasteiger charge is 2.40. The number of hydroxylamine groups is 2. The largest absolute Gasteiger partial charge is 0.312 e. The van der Waals surface area contributed by atoms with E-state index in [1.54, 1.807) is 5.06 Å². The van der Waals surface area contributed by atoms with Gasteiger partial charge in [0.25, 0.3) is 0 Å². The van der Waals surface area contributed by atoms with Gasteiger partial charge in [0.2, 0.25) is 11.8 Å². The summed E-state index contributed by atoms with van der Waals surface area (Å²) in [5.74, 6) is 1.20. The second-order valence-electron chi connectivity index (χ2n) is 9.71. The summed E-state index contributed by atoms with van der Waals surface area (Å²) in [6.45, 7) is 3.24.